The summed E-state index contributed by atoms with van der Waals surface area (Å²) in [7, 11) is 0. The van der Waals surface area contributed by atoms with E-state index in [-0.39, 0.29) is 5.02 Å². The lowest BCUT2D eigenvalue weighted by molar-refractivity contribution is -0.137. The number of aromatic nitrogens is 1. The quantitative estimate of drug-likeness (QED) is 0.864. The van der Waals surface area contributed by atoms with Crippen molar-refractivity contribution in [3.05, 3.63) is 33.7 Å². The van der Waals surface area contributed by atoms with E-state index in [1.807, 2.05) is 0 Å². The summed E-state index contributed by atoms with van der Waals surface area (Å²) in [4.78, 5) is 7.36. The lowest BCUT2D eigenvalue weighted by Crippen LogP contribution is -2.18. The molecule has 0 bridgehead atoms. The largest absolute Gasteiger partial charge is 0.416 e. The molecule has 8 heteroatoms. The fourth-order valence-corrected chi connectivity index (χ4v) is 3.87. The molecule has 3 nitrogen and oxygen atoms in total. The van der Waals surface area contributed by atoms with E-state index in [2.05, 4.69) is 9.88 Å². The molecule has 23 heavy (non-hydrogen) atoms. The van der Waals surface area contributed by atoms with E-state index in [1.54, 1.807) is 0 Å². The van der Waals surface area contributed by atoms with Gasteiger partial charge < -0.3 is 5.73 Å². The highest BCUT2D eigenvalue weighted by molar-refractivity contribution is 7.15. The molecule has 0 unspecified atom stereocenters. The van der Waals surface area contributed by atoms with E-state index in [0.717, 1.165) is 42.9 Å². The molecule has 0 amide bonds. The van der Waals surface area contributed by atoms with E-state index in [4.69, 9.17) is 17.3 Å². The molecule has 0 spiro atoms. The molecule has 0 saturated carbocycles. The first-order valence-corrected chi connectivity index (χ1v) is 8.38. The van der Waals surface area contributed by atoms with Crippen LogP contribution in [0.5, 0.6) is 0 Å². The Bertz CT molecular complexity index is 708. The summed E-state index contributed by atoms with van der Waals surface area (Å²) in [6, 6.07) is 3.49. The van der Waals surface area contributed by atoms with E-state index in [9.17, 15) is 13.2 Å². The number of halogens is 4. The van der Waals surface area contributed by atoms with Gasteiger partial charge in [-0.1, -0.05) is 11.6 Å². The number of nitrogens with two attached hydrogens (primary N) is 1. The second-order valence-corrected chi connectivity index (χ2v) is 7.09. The van der Waals surface area contributed by atoms with Gasteiger partial charge in [0.2, 0.25) is 0 Å². The Morgan fingerprint density at radius 2 is 1.91 bits per heavy atom. The molecule has 0 aliphatic carbocycles. The van der Waals surface area contributed by atoms with Crippen molar-refractivity contribution in [1.82, 2.24) is 9.88 Å². The van der Waals surface area contributed by atoms with Crippen molar-refractivity contribution in [1.29, 1.82) is 0 Å². The first kappa shape index (κ1) is 16.5. The number of alkyl halides is 3. The molecule has 1 aliphatic rings. The molecule has 0 atom stereocenters. The van der Waals surface area contributed by atoms with Gasteiger partial charge >= 0.3 is 6.18 Å². The maximum atomic E-state index is 13.0. The molecule has 2 aromatic rings. The molecular formula is C15H15ClF3N3S. The first-order valence-electron chi connectivity index (χ1n) is 7.18. The van der Waals surface area contributed by atoms with Crippen molar-refractivity contribution >= 4 is 28.1 Å². The van der Waals surface area contributed by atoms with E-state index >= 15 is 0 Å². The Labute approximate surface area is 140 Å². The van der Waals surface area contributed by atoms with Gasteiger partial charge in [-0.2, -0.15) is 13.2 Å². The van der Waals surface area contributed by atoms with Crippen molar-refractivity contribution < 1.29 is 13.2 Å². The van der Waals surface area contributed by atoms with Crippen LogP contribution < -0.4 is 5.73 Å². The van der Waals surface area contributed by atoms with Gasteiger partial charge in [-0.15, -0.1) is 11.3 Å². The number of hydrogen-bond acceptors (Lipinski definition) is 4. The van der Waals surface area contributed by atoms with E-state index < -0.39 is 11.7 Å². The van der Waals surface area contributed by atoms with Crippen molar-refractivity contribution in [2.75, 3.05) is 18.8 Å². The van der Waals surface area contributed by atoms with Crippen LogP contribution in [-0.4, -0.2) is 23.0 Å². The molecule has 1 aliphatic heterocycles. The highest BCUT2D eigenvalue weighted by Gasteiger charge is 2.31. The molecule has 1 saturated heterocycles. The van der Waals surface area contributed by atoms with Gasteiger partial charge in [-0.3, -0.25) is 4.90 Å². The minimum Gasteiger partial charge on any atom is -0.375 e. The number of benzene rings is 1. The number of rotatable bonds is 3. The number of hydrogen-bond donors (Lipinski definition) is 1. The predicted molar refractivity (Wildman–Crippen MR) is 86.5 cm³/mol. The Morgan fingerprint density at radius 3 is 2.57 bits per heavy atom. The van der Waals surface area contributed by atoms with E-state index in [1.165, 1.54) is 17.4 Å². The lowest BCUT2D eigenvalue weighted by atomic mass is 10.1. The number of nitrogens with zero attached hydrogens (tertiary/aromatic N) is 2. The summed E-state index contributed by atoms with van der Waals surface area (Å²) in [6.07, 6.45) is -2.17. The summed E-state index contributed by atoms with van der Waals surface area (Å²) in [5.74, 6) is 0. The number of thiazole rings is 1. The van der Waals surface area contributed by atoms with Crippen LogP contribution in [0.1, 0.15) is 23.3 Å². The molecule has 0 radical (unpaired) electrons. The second-order valence-electron chi connectivity index (χ2n) is 5.53. The topological polar surface area (TPSA) is 42.1 Å². The van der Waals surface area contributed by atoms with Crippen LogP contribution in [0, 0.1) is 0 Å². The molecule has 1 fully saturated rings. The van der Waals surface area contributed by atoms with Crippen molar-refractivity contribution in [2.24, 2.45) is 0 Å². The predicted octanol–water partition coefficient (Wildman–Crippen LogP) is 4.66. The first-order chi connectivity index (χ1) is 10.8. The Morgan fingerprint density at radius 1 is 1.22 bits per heavy atom. The van der Waals surface area contributed by atoms with Crippen molar-refractivity contribution in [2.45, 2.75) is 25.6 Å². The minimum atomic E-state index is -4.45. The summed E-state index contributed by atoms with van der Waals surface area (Å²) < 4.78 is 39.0. The third-order valence-electron chi connectivity index (χ3n) is 3.78. The van der Waals surface area contributed by atoms with E-state index in [0.29, 0.717) is 22.9 Å². The van der Waals surface area contributed by atoms with Crippen molar-refractivity contribution in [3.63, 3.8) is 0 Å². The van der Waals surface area contributed by atoms with Gasteiger partial charge in [0.15, 0.2) is 5.13 Å². The molecule has 2 N–H and O–H groups in total. The van der Waals surface area contributed by atoms with Gasteiger partial charge in [-0.25, -0.2) is 4.98 Å². The molecule has 3 rings (SSSR count). The number of nitrogen functional groups attached to an aromatic ring is 1. The van der Waals surface area contributed by atoms with Gasteiger partial charge in [-0.05, 0) is 44.1 Å². The lowest BCUT2D eigenvalue weighted by Gasteiger charge is -2.14. The average Bonchev–Trinajstić information content (AvgIpc) is 3.07. The maximum absolute atomic E-state index is 13.0. The van der Waals surface area contributed by atoms with Crippen LogP contribution in [0.15, 0.2) is 18.2 Å². The summed E-state index contributed by atoms with van der Waals surface area (Å²) >= 11 is 7.19. The third kappa shape index (κ3) is 3.79. The molecular weight excluding hydrogens is 347 g/mol. The Balaban J connectivity index is 1.99. The summed E-state index contributed by atoms with van der Waals surface area (Å²) in [6.45, 7) is 2.62. The second kappa shape index (κ2) is 6.30. The smallest absolute Gasteiger partial charge is 0.375 e. The minimum absolute atomic E-state index is 0.0357. The van der Waals surface area contributed by atoms with Crippen LogP contribution in [-0.2, 0) is 12.7 Å². The maximum Gasteiger partial charge on any atom is 0.416 e. The molecule has 124 valence electrons. The SMILES string of the molecule is Nc1nc(-c2cc(Cl)cc(C(F)(F)F)c2)c(CN2CCCC2)s1. The molecule has 1 aromatic carbocycles. The normalized spacial score (nSPS) is 16.2. The standard InChI is InChI=1S/C15H15ClF3N3S/c16-11-6-9(5-10(7-11)15(17,18)19)13-12(23-14(20)21-13)8-22-3-1-2-4-22/h5-7H,1-4,8H2,(H2,20,21). The van der Waals surface area contributed by atoms with Crippen LogP contribution in [0.4, 0.5) is 18.3 Å². The van der Waals surface area contributed by atoms with Crippen LogP contribution in [0.2, 0.25) is 5.02 Å². The Hall–Kier alpha value is -1.31. The van der Waals surface area contributed by atoms with Crippen LogP contribution in [0.3, 0.4) is 0 Å². The average molecular weight is 362 g/mol. The zero-order chi connectivity index (χ0) is 16.6. The zero-order valence-corrected chi connectivity index (χ0v) is 13.7. The highest BCUT2D eigenvalue weighted by Crippen LogP contribution is 2.37. The molecule has 2 heterocycles. The third-order valence-corrected chi connectivity index (χ3v) is 4.87. The summed E-state index contributed by atoms with van der Waals surface area (Å²) in [5, 5.41) is 0.385. The van der Waals surface area contributed by atoms with Gasteiger partial charge in [0.1, 0.15) is 0 Å². The van der Waals surface area contributed by atoms with Crippen molar-refractivity contribution in [3.8, 4) is 11.3 Å². The molecule has 1 aromatic heterocycles. The fraction of sp³-hybridized carbons (Fsp3) is 0.400. The van der Waals surface area contributed by atoms with Gasteiger partial charge in [0.25, 0.3) is 0 Å². The Kier molecular flexibility index (Phi) is 4.53. The van der Waals surface area contributed by atoms with Gasteiger partial charge in [0, 0.05) is 22.0 Å². The monoisotopic (exact) mass is 361 g/mol. The zero-order valence-electron chi connectivity index (χ0n) is 12.2. The van der Waals surface area contributed by atoms with Crippen LogP contribution >= 0.6 is 22.9 Å². The van der Waals surface area contributed by atoms with Crippen LogP contribution in [0.25, 0.3) is 11.3 Å². The highest BCUT2D eigenvalue weighted by atomic mass is 35.5. The fourth-order valence-electron chi connectivity index (χ4n) is 2.74. The number of likely N-dealkylation sites (tertiary alicyclic amines) is 1. The van der Waals surface area contributed by atoms with Gasteiger partial charge in [0.05, 0.1) is 11.3 Å². The summed E-state index contributed by atoms with van der Waals surface area (Å²) in [5.41, 5.74) is 5.85. The number of anilines is 1.